The second kappa shape index (κ2) is 9.70. The van der Waals surface area contributed by atoms with Gasteiger partial charge in [0.2, 0.25) is 0 Å². The van der Waals surface area contributed by atoms with Crippen LogP contribution in [0.1, 0.15) is 35.9 Å². The van der Waals surface area contributed by atoms with E-state index >= 15 is 0 Å². The van der Waals surface area contributed by atoms with Crippen LogP contribution in [0, 0.1) is 0 Å². The molecule has 6 heteroatoms. The summed E-state index contributed by atoms with van der Waals surface area (Å²) in [6.07, 6.45) is 2.87. The molecule has 0 aliphatic heterocycles. The summed E-state index contributed by atoms with van der Waals surface area (Å²) in [5.74, 6) is 0. The van der Waals surface area contributed by atoms with Crippen molar-refractivity contribution in [2.75, 3.05) is 6.61 Å². The molecule has 0 aromatic carbocycles. The van der Waals surface area contributed by atoms with Crippen molar-refractivity contribution in [2.24, 2.45) is 0 Å². The first-order chi connectivity index (χ1) is 11.2. The maximum Gasteiger partial charge on any atom is 0.318 e. The smallest absolute Gasteiger partial charge is 0.318 e. The average Bonchev–Trinajstić information content (AvgIpc) is 3.24. The number of nitrogens with one attached hydrogen (secondary N) is 1. The summed E-state index contributed by atoms with van der Waals surface area (Å²) in [6.45, 7) is 3.27. The molecule has 126 valence electrons. The van der Waals surface area contributed by atoms with Crippen molar-refractivity contribution in [3.63, 3.8) is 0 Å². The Kier molecular flexibility index (Phi) is 7.58. The first-order valence-electron chi connectivity index (χ1n) is 7.94. The number of thiophene rings is 2. The number of carbonyl (C=O) groups is 1. The van der Waals surface area contributed by atoms with Gasteiger partial charge in [0.05, 0.1) is 25.7 Å². The molecule has 0 bridgehead atoms. The van der Waals surface area contributed by atoms with Gasteiger partial charge in [-0.2, -0.15) is 0 Å². The maximum absolute atomic E-state index is 12.6. The molecule has 0 unspecified atom stereocenters. The maximum atomic E-state index is 12.6. The van der Waals surface area contributed by atoms with E-state index < -0.39 is 0 Å². The number of hydrogen-bond donors (Lipinski definition) is 2. The molecule has 2 heterocycles. The third-order valence-corrected chi connectivity index (χ3v) is 5.32. The molecule has 0 radical (unpaired) electrons. The number of rotatable bonds is 9. The van der Waals surface area contributed by atoms with E-state index in [1.54, 1.807) is 22.7 Å². The molecule has 0 spiro atoms. The zero-order valence-electron chi connectivity index (χ0n) is 13.4. The van der Waals surface area contributed by atoms with E-state index in [0.717, 1.165) is 29.0 Å². The van der Waals surface area contributed by atoms with Crippen LogP contribution in [0.2, 0.25) is 0 Å². The van der Waals surface area contributed by atoms with Gasteiger partial charge >= 0.3 is 6.03 Å². The van der Waals surface area contributed by atoms with Gasteiger partial charge in [0, 0.05) is 9.75 Å². The zero-order chi connectivity index (χ0) is 16.5. The summed E-state index contributed by atoms with van der Waals surface area (Å²) in [5.41, 5.74) is 0. The fourth-order valence-electron chi connectivity index (χ4n) is 2.31. The predicted molar refractivity (Wildman–Crippen MR) is 96.8 cm³/mol. The minimum absolute atomic E-state index is 0.0163. The first kappa shape index (κ1) is 18.0. The number of carbonyl (C=O) groups excluding carboxylic acids is 1. The lowest BCUT2D eigenvalue weighted by molar-refractivity contribution is 0.175. The Morgan fingerprint density at radius 3 is 2.26 bits per heavy atom. The van der Waals surface area contributed by atoms with Gasteiger partial charge in [-0.25, -0.2) is 4.79 Å². The molecular weight excluding hydrogens is 328 g/mol. The zero-order valence-corrected chi connectivity index (χ0v) is 15.0. The minimum Gasteiger partial charge on any atom is -0.394 e. The summed E-state index contributed by atoms with van der Waals surface area (Å²) in [6, 6.07) is 7.80. The van der Waals surface area contributed by atoms with Gasteiger partial charge in [-0.1, -0.05) is 31.9 Å². The molecule has 0 fully saturated rings. The fraction of sp³-hybridized carbons (Fsp3) is 0.471. The summed E-state index contributed by atoms with van der Waals surface area (Å²) >= 11 is 3.30. The summed E-state index contributed by atoms with van der Waals surface area (Å²) in [4.78, 5) is 16.8. The first-order valence-corrected chi connectivity index (χ1v) is 9.70. The van der Waals surface area contributed by atoms with Crippen LogP contribution in [0.4, 0.5) is 4.79 Å². The topological polar surface area (TPSA) is 52.6 Å². The predicted octanol–water partition coefficient (Wildman–Crippen LogP) is 4.07. The lowest BCUT2D eigenvalue weighted by atomic mass is 10.1. The highest BCUT2D eigenvalue weighted by molar-refractivity contribution is 7.10. The molecule has 0 saturated carbocycles. The Bertz CT molecular complexity index is 519. The Balaban J connectivity index is 2.00. The van der Waals surface area contributed by atoms with E-state index in [0.29, 0.717) is 13.1 Å². The highest BCUT2D eigenvalue weighted by Crippen LogP contribution is 2.17. The lowest BCUT2D eigenvalue weighted by Gasteiger charge is -2.25. The lowest BCUT2D eigenvalue weighted by Crippen LogP contribution is -2.45. The normalized spacial score (nSPS) is 12.1. The SMILES string of the molecule is CCCC[C@H](CO)NC(=O)N(Cc1cccs1)Cc1cccs1. The number of nitrogens with zero attached hydrogens (tertiary/aromatic N) is 1. The second-order valence-corrected chi connectivity index (χ2v) is 7.55. The van der Waals surface area contributed by atoms with Gasteiger partial charge in [0.25, 0.3) is 0 Å². The highest BCUT2D eigenvalue weighted by atomic mass is 32.1. The molecule has 2 aromatic rings. The number of aliphatic hydroxyl groups is 1. The standard InChI is InChI=1S/C17H24N2O2S2/c1-2-3-6-14(13-20)18-17(21)19(11-15-7-4-9-22-15)12-16-8-5-10-23-16/h4-5,7-10,14,20H,2-3,6,11-13H2,1H3,(H,18,21)/t14-/m1/s1. The van der Waals surface area contributed by atoms with Crippen LogP contribution in [0.25, 0.3) is 0 Å². The Morgan fingerprint density at radius 2 is 1.83 bits per heavy atom. The van der Waals surface area contributed by atoms with Crippen LogP contribution in [0.3, 0.4) is 0 Å². The molecule has 0 saturated heterocycles. The second-order valence-electron chi connectivity index (χ2n) is 5.49. The fourth-order valence-corrected chi connectivity index (χ4v) is 3.75. The van der Waals surface area contributed by atoms with Crippen molar-refractivity contribution in [1.82, 2.24) is 10.2 Å². The van der Waals surface area contributed by atoms with Crippen molar-refractivity contribution in [3.8, 4) is 0 Å². The van der Waals surface area contributed by atoms with Gasteiger partial charge in [-0.05, 0) is 29.3 Å². The van der Waals surface area contributed by atoms with Gasteiger partial charge < -0.3 is 15.3 Å². The van der Waals surface area contributed by atoms with Crippen LogP contribution < -0.4 is 5.32 Å². The monoisotopic (exact) mass is 352 g/mol. The van der Waals surface area contributed by atoms with Crippen molar-refractivity contribution >= 4 is 28.7 Å². The van der Waals surface area contributed by atoms with Gasteiger partial charge in [0.1, 0.15) is 0 Å². The van der Waals surface area contributed by atoms with Gasteiger partial charge in [-0.3, -0.25) is 0 Å². The molecule has 0 aliphatic carbocycles. The molecule has 2 aromatic heterocycles. The summed E-state index contributed by atoms with van der Waals surface area (Å²) < 4.78 is 0. The Morgan fingerprint density at radius 1 is 1.22 bits per heavy atom. The molecule has 4 nitrogen and oxygen atoms in total. The quantitative estimate of drug-likeness (QED) is 0.715. The van der Waals surface area contributed by atoms with Crippen LogP contribution in [0.15, 0.2) is 35.0 Å². The number of urea groups is 1. The van der Waals surface area contributed by atoms with Gasteiger partial charge in [0.15, 0.2) is 0 Å². The molecule has 2 N–H and O–H groups in total. The van der Waals surface area contributed by atoms with Crippen molar-refractivity contribution in [1.29, 1.82) is 0 Å². The summed E-state index contributed by atoms with van der Waals surface area (Å²) in [7, 11) is 0. The van der Waals surface area contributed by atoms with Crippen molar-refractivity contribution < 1.29 is 9.90 Å². The number of hydrogen-bond acceptors (Lipinski definition) is 4. The molecule has 2 rings (SSSR count). The molecular formula is C17H24N2O2S2. The average molecular weight is 353 g/mol. The molecule has 1 atom stereocenters. The Hall–Kier alpha value is -1.37. The molecule has 0 aliphatic rings. The highest BCUT2D eigenvalue weighted by Gasteiger charge is 2.19. The largest absolute Gasteiger partial charge is 0.394 e. The Labute approximate surface area is 145 Å². The summed E-state index contributed by atoms with van der Waals surface area (Å²) in [5, 5.41) is 16.5. The third-order valence-electron chi connectivity index (χ3n) is 3.59. The van der Waals surface area contributed by atoms with E-state index in [1.807, 2.05) is 39.9 Å². The van der Waals surface area contributed by atoms with Crippen LogP contribution in [0.5, 0.6) is 0 Å². The number of unbranched alkanes of at least 4 members (excludes halogenated alkanes) is 1. The molecule has 23 heavy (non-hydrogen) atoms. The van der Waals surface area contributed by atoms with E-state index in [9.17, 15) is 9.90 Å². The molecule has 2 amide bonds. The van der Waals surface area contributed by atoms with Crippen molar-refractivity contribution in [3.05, 3.63) is 44.8 Å². The van der Waals surface area contributed by atoms with Crippen LogP contribution in [-0.2, 0) is 13.1 Å². The van der Waals surface area contributed by atoms with E-state index in [-0.39, 0.29) is 18.7 Å². The number of aliphatic hydroxyl groups excluding tert-OH is 1. The van der Waals surface area contributed by atoms with Gasteiger partial charge in [-0.15, -0.1) is 22.7 Å². The van der Waals surface area contributed by atoms with Crippen LogP contribution >= 0.6 is 22.7 Å². The van der Waals surface area contributed by atoms with E-state index in [4.69, 9.17) is 0 Å². The minimum atomic E-state index is -0.170. The third kappa shape index (κ3) is 5.97. The van der Waals surface area contributed by atoms with E-state index in [2.05, 4.69) is 12.2 Å². The van der Waals surface area contributed by atoms with Crippen molar-refractivity contribution in [2.45, 2.75) is 45.3 Å². The number of amides is 2. The van der Waals surface area contributed by atoms with Crippen LogP contribution in [-0.4, -0.2) is 28.7 Å². The van der Waals surface area contributed by atoms with E-state index in [1.165, 1.54) is 0 Å².